The van der Waals surface area contributed by atoms with E-state index >= 15 is 0 Å². The number of benzene rings is 2. The van der Waals surface area contributed by atoms with Crippen molar-refractivity contribution in [1.29, 1.82) is 0 Å². The van der Waals surface area contributed by atoms with Crippen LogP contribution in [0.25, 0.3) is 17.1 Å². The molecule has 7 heteroatoms. The van der Waals surface area contributed by atoms with Crippen LogP contribution in [0.4, 0.5) is 4.39 Å². The van der Waals surface area contributed by atoms with Crippen LogP contribution in [0, 0.1) is 5.82 Å². The molecule has 5 nitrogen and oxygen atoms in total. The van der Waals surface area contributed by atoms with Crippen molar-refractivity contribution in [3.63, 3.8) is 0 Å². The number of rotatable bonds is 7. The Labute approximate surface area is 172 Å². The zero-order valence-electron chi connectivity index (χ0n) is 15.8. The Morgan fingerprint density at radius 1 is 1.00 bits per heavy atom. The molecule has 0 unspecified atom stereocenters. The number of ether oxygens (including phenoxy) is 1. The fourth-order valence-corrected chi connectivity index (χ4v) is 3.83. The molecule has 0 saturated carbocycles. The molecule has 0 fully saturated rings. The molecule has 2 aromatic carbocycles. The smallest absolute Gasteiger partial charge is 0.196 e. The highest BCUT2D eigenvalue weighted by Gasteiger charge is 2.17. The minimum Gasteiger partial charge on any atom is -0.494 e. The van der Waals surface area contributed by atoms with Gasteiger partial charge in [0.1, 0.15) is 11.6 Å². The first-order chi connectivity index (χ1) is 14.3. The van der Waals surface area contributed by atoms with Crippen molar-refractivity contribution in [2.24, 2.45) is 0 Å². The predicted octanol–water partition coefficient (Wildman–Crippen LogP) is 5.16. The third-order valence-electron chi connectivity index (χ3n) is 4.27. The monoisotopic (exact) mass is 406 g/mol. The SMILES string of the molecule is CCOc1ccc(-n2c(SCc3ccccc3F)nnc2-c2cccnc2)cc1. The predicted molar refractivity (Wildman–Crippen MR) is 112 cm³/mol. The summed E-state index contributed by atoms with van der Waals surface area (Å²) in [5.41, 5.74) is 2.38. The number of thioether (sulfide) groups is 1. The van der Waals surface area contributed by atoms with Crippen molar-refractivity contribution in [3.05, 3.63) is 84.4 Å². The molecule has 4 rings (SSSR count). The summed E-state index contributed by atoms with van der Waals surface area (Å²) >= 11 is 1.44. The van der Waals surface area contributed by atoms with Gasteiger partial charge in [0, 0.05) is 29.4 Å². The van der Waals surface area contributed by atoms with Crippen LogP contribution in [-0.4, -0.2) is 26.4 Å². The number of nitrogens with zero attached hydrogens (tertiary/aromatic N) is 4. The van der Waals surface area contributed by atoms with Crippen LogP contribution in [0.2, 0.25) is 0 Å². The van der Waals surface area contributed by atoms with Gasteiger partial charge in [-0.05, 0) is 55.0 Å². The Balaban J connectivity index is 1.71. The summed E-state index contributed by atoms with van der Waals surface area (Å²) in [5, 5.41) is 9.43. The molecular weight excluding hydrogens is 387 g/mol. The van der Waals surface area contributed by atoms with E-state index in [-0.39, 0.29) is 5.82 Å². The van der Waals surface area contributed by atoms with E-state index in [1.165, 1.54) is 17.8 Å². The van der Waals surface area contributed by atoms with E-state index < -0.39 is 0 Å². The van der Waals surface area contributed by atoms with Gasteiger partial charge in [0.05, 0.1) is 6.61 Å². The van der Waals surface area contributed by atoms with E-state index in [0.29, 0.717) is 28.9 Å². The highest BCUT2D eigenvalue weighted by Crippen LogP contribution is 2.30. The molecule has 146 valence electrons. The molecule has 29 heavy (non-hydrogen) atoms. The first-order valence-electron chi connectivity index (χ1n) is 9.21. The Kier molecular flexibility index (Phi) is 5.86. The molecule has 0 N–H and O–H groups in total. The lowest BCUT2D eigenvalue weighted by Crippen LogP contribution is -2.01. The fourth-order valence-electron chi connectivity index (χ4n) is 2.89. The Bertz CT molecular complexity index is 1080. The maximum Gasteiger partial charge on any atom is 0.196 e. The lowest BCUT2D eigenvalue weighted by Gasteiger charge is -2.11. The van der Waals surface area contributed by atoms with E-state index in [1.807, 2.05) is 54.0 Å². The van der Waals surface area contributed by atoms with Gasteiger partial charge in [-0.3, -0.25) is 9.55 Å². The van der Waals surface area contributed by atoms with Gasteiger partial charge in [0.2, 0.25) is 0 Å². The van der Waals surface area contributed by atoms with E-state index in [2.05, 4.69) is 15.2 Å². The van der Waals surface area contributed by atoms with Crippen LogP contribution in [0.5, 0.6) is 5.75 Å². The van der Waals surface area contributed by atoms with Gasteiger partial charge < -0.3 is 4.74 Å². The molecule has 0 atom stereocenters. The fraction of sp³-hybridized carbons (Fsp3) is 0.136. The summed E-state index contributed by atoms with van der Waals surface area (Å²) in [5.74, 6) is 1.71. The molecule has 0 amide bonds. The van der Waals surface area contributed by atoms with Crippen LogP contribution in [0.3, 0.4) is 0 Å². The van der Waals surface area contributed by atoms with Crippen molar-refractivity contribution in [2.75, 3.05) is 6.61 Å². The van der Waals surface area contributed by atoms with E-state index in [4.69, 9.17) is 4.74 Å². The van der Waals surface area contributed by atoms with Crippen molar-refractivity contribution < 1.29 is 9.13 Å². The average molecular weight is 406 g/mol. The molecular formula is C22H19FN4OS. The van der Waals surface area contributed by atoms with Gasteiger partial charge in [-0.15, -0.1) is 10.2 Å². The summed E-state index contributed by atoms with van der Waals surface area (Å²) in [7, 11) is 0. The quantitative estimate of drug-likeness (QED) is 0.397. The van der Waals surface area contributed by atoms with Gasteiger partial charge in [-0.2, -0.15) is 0 Å². The summed E-state index contributed by atoms with van der Waals surface area (Å²) in [4.78, 5) is 4.19. The van der Waals surface area contributed by atoms with Crippen LogP contribution < -0.4 is 4.74 Å². The summed E-state index contributed by atoms with van der Waals surface area (Å²) in [6, 6.07) is 18.3. The number of halogens is 1. The Morgan fingerprint density at radius 2 is 1.83 bits per heavy atom. The molecule has 0 saturated heterocycles. The Morgan fingerprint density at radius 3 is 2.55 bits per heavy atom. The number of aromatic nitrogens is 4. The van der Waals surface area contributed by atoms with Gasteiger partial charge in [-0.1, -0.05) is 30.0 Å². The highest BCUT2D eigenvalue weighted by molar-refractivity contribution is 7.98. The van der Waals surface area contributed by atoms with Gasteiger partial charge in [-0.25, -0.2) is 4.39 Å². The van der Waals surface area contributed by atoms with Gasteiger partial charge >= 0.3 is 0 Å². The van der Waals surface area contributed by atoms with Crippen molar-refractivity contribution in [3.8, 4) is 22.8 Å². The van der Waals surface area contributed by atoms with E-state index in [0.717, 1.165) is 17.0 Å². The van der Waals surface area contributed by atoms with Gasteiger partial charge in [0.15, 0.2) is 11.0 Å². The van der Waals surface area contributed by atoms with E-state index in [9.17, 15) is 4.39 Å². The maximum atomic E-state index is 14.0. The van der Waals surface area contributed by atoms with Crippen molar-refractivity contribution in [2.45, 2.75) is 17.8 Å². The topological polar surface area (TPSA) is 52.8 Å². The summed E-state index contributed by atoms with van der Waals surface area (Å²) in [6.07, 6.45) is 3.47. The first-order valence-corrected chi connectivity index (χ1v) is 10.2. The molecule has 0 bridgehead atoms. The van der Waals surface area contributed by atoms with Crippen LogP contribution in [0.1, 0.15) is 12.5 Å². The van der Waals surface area contributed by atoms with E-state index in [1.54, 1.807) is 24.5 Å². The van der Waals surface area contributed by atoms with Gasteiger partial charge in [0.25, 0.3) is 0 Å². The first kappa shape index (κ1) is 19.1. The van der Waals surface area contributed by atoms with Crippen LogP contribution >= 0.6 is 11.8 Å². The van der Waals surface area contributed by atoms with Crippen LogP contribution in [0.15, 0.2) is 78.2 Å². The molecule has 0 aliphatic heterocycles. The van der Waals surface area contributed by atoms with Crippen molar-refractivity contribution in [1.82, 2.24) is 19.7 Å². The average Bonchev–Trinajstić information content (AvgIpc) is 3.18. The number of hydrogen-bond donors (Lipinski definition) is 0. The molecule has 2 aromatic heterocycles. The molecule has 0 radical (unpaired) electrons. The maximum absolute atomic E-state index is 14.0. The summed E-state index contributed by atoms with van der Waals surface area (Å²) < 4.78 is 21.5. The minimum atomic E-state index is -0.223. The Hall–Kier alpha value is -3.19. The third kappa shape index (κ3) is 4.30. The van der Waals surface area contributed by atoms with Crippen LogP contribution in [-0.2, 0) is 5.75 Å². The lowest BCUT2D eigenvalue weighted by atomic mass is 10.2. The number of hydrogen-bond acceptors (Lipinski definition) is 5. The third-order valence-corrected chi connectivity index (χ3v) is 5.25. The minimum absolute atomic E-state index is 0.223. The summed E-state index contributed by atoms with van der Waals surface area (Å²) in [6.45, 7) is 2.56. The molecule has 0 aliphatic rings. The second-order valence-corrected chi connectivity index (χ2v) is 7.13. The normalized spacial score (nSPS) is 10.8. The van der Waals surface area contributed by atoms with Crippen molar-refractivity contribution >= 4 is 11.8 Å². The second kappa shape index (κ2) is 8.87. The molecule has 4 aromatic rings. The lowest BCUT2D eigenvalue weighted by molar-refractivity contribution is 0.340. The molecule has 2 heterocycles. The molecule has 0 aliphatic carbocycles. The largest absolute Gasteiger partial charge is 0.494 e. The zero-order valence-corrected chi connectivity index (χ0v) is 16.6. The number of pyridine rings is 1. The standard InChI is InChI=1S/C22H19FN4OS/c1-2-28-19-11-9-18(10-12-19)27-21(16-7-5-13-24-14-16)25-26-22(27)29-15-17-6-3-4-8-20(17)23/h3-14H,2,15H2,1H3. The molecule has 0 spiro atoms. The zero-order chi connectivity index (χ0) is 20.1. The highest BCUT2D eigenvalue weighted by atomic mass is 32.2. The second-order valence-electron chi connectivity index (χ2n) is 6.19.